The van der Waals surface area contributed by atoms with Crippen LogP contribution in [0.1, 0.15) is 18.4 Å². The van der Waals surface area contributed by atoms with Gasteiger partial charge in [-0.3, -0.25) is 0 Å². The van der Waals surface area contributed by atoms with Crippen molar-refractivity contribution in [3.63, 3.8) is 0 Å². The zero-order valence-electron chi connectivity index (χ0n) is 10.1. The largest absolute Gasteiger partial charge is 0.443 e. The van der Waals surface area contributed by atoms with E-state index in [-0.39, 0.29) is 6.61 Å². The first-order valence-corrected chi connectivity index (χ1v) is 5.96. The van der Waals surface area contributed by atoms with Crippen molar-refractivity contribution in [2.24, 2.45) is 0 Å². The molecule has 18 heavy (non-hydrogen) atoms. The van der Waals surface area contributed by atoms with Crippen molar-refractivity contribution in [2.45, 2.75) is 19.4 Å². The van der Waals surface area contributed by atoms with Gasteiger partial charge in [-0.2, -0.15) is 5.26 Å². The molecule has 0 radical (unpaired) electrons. The van der Waals surface area contributed by atoms with Crippen molar-refractivity contribution in [1.29, 1.82) is 5.26 Å². The molecule has 0 spiro atoms. The normalized spacial score (nSPS) is 15.1. The van der Waals surface area contributed by atoms with E-state index in [9.17, 15) is 4.79 Å². The molecule has 94 valence electrons. The highest BCUT2D eigenvalue weighted by molar-refractivity contribution is 5.67. The highest BCUT2D eigenvalue weighted by atomic mass is 16.6. The van der Waals surface area contributed by atoms with E-state index in [1.165, 1.54) is 10.0 Å². The smallest absolute Gasteiger partial charge is 0.429 e. The summed E-state index contributed by atoms with van der Waals surface area (Å²) in [5.74, 6) is 0. The van der Waals surface area contributed by atoms with Crippen LogP contribution in [-0.2, 0) is 11.3 Å². The zero-order valence-corrected chi connectivity index (χ0v) is 10.1. The molecule has 1 aliphatic rings. The van der Waals surface area contributed by atoms with Crippen LogP contribution < -0.4 is 0 Å². The first kappa shape index (κ1) is 12.2. The van der Waals surface area contributed by atoms with Crippen LogP contribution in [0.3, 0.4) is 0 Å². The predicted molar refractivity (Wildman–Crippen MR) is 64.9 cm³/mol. The van der Waals surface area contributed by atoms with Crippen molar-refractivity contribution >= 4 is 6.09 Å². The Bertz CT molecular complexity index is 441. The molecule has 0 N–H and O–H groups in total. The molecule has 1 fully saturated rings. The van der Waals surface area contributed by atoms with Crippen LogP contribution in [-0.4, -0.2) is 29.2 Å². The van der Waals surface area contributed by atoms with Gasteiger partial charge >= 0.3 is 6.09 Å². The fourth-order valence-electron chi connectivity index (χ4n) is 1.85. The van der Waals surface area contributed by atoms with Crippen LogP contribution in [0.2, 0.25) is 0 Å². The van der Waals surface area contributed by atoms with Gasteiger partial charge in [-0.1, -0.05) is 30.3 Å². The lowest BCUT2D eigenvalue weighted by atomic mass is 10.2. The predicted octanol–water partition coefficient (Wildman–Crippen LogP) is 2.12. The molecule has 1 aromatic rings. The van der Waals surface area contributed by atoms with E-state index in [1.807, 2.05) is 36.5 Å². The Hall–Kier alpha value is -2.22. The van der Waals surface area contributed by atoms with Gasteiger partial charge in [0.1, 0.15) is 6.61 Å². The molecular weight excluding hydrogens is 230 g/mol. The van der Waals surface area contributed by atoms with Crippen LogP contribution in [0.4, 0.5) is 4.79 Å². The number of hydrogen-bond donors (Lipinski definition) is 0. The second kappa shape index (κ2) is 5.92. The number of nitriles is 1. The summed E-state index contributed by atoms with van der Waals surface area (Å²) in [7, 11) is 0. The number of amides is 1. The maximum Gasteiger partial charge on any atom is 0.429 e. The van der Waals surface area contributed by atoms with Crippen molar-refractivity contribution < 1.29 is 9.53 Å². The molecule has 0 aromatic heterocycles. The minimum Gasteiger partial charge on any atom is -0.443 e. The summed E-state index contributed by atoms with van der Waals surface area (Å²) < 4.78 is 5.19. The summed E-state index contributed by atoms with van der Waals surface area (Å²) in [6.07, 6.45) is 3.36. The van der Waals surface area contributed by atoms with Crippen molar-refractivity contribution in [1.82, 2.24) is 10.0 Å². The van der Waals surface area contributed by atoms with Crippen LogP contribution in [0.15, 0.2) is 30.3 Å². The third kappa shape index (κ3) is 2.92. The first-order valence-electron chi connectivity index (χ1n) is 5.96. The number of benzene rings is 1. The minimum atomic E-state index is -0.458. The van der Waals surface area contributed by atoms with Gasteiger partial charge in [-0.05, 0) is 18.4 Å². The Kier molecular flexibility index (Phi) is 4.02. The highest BCUT2D eigenvalue weighted by Crippen LogP contribution is 2.12. The van der Waals surface area contributed by atoms with Gasteiger partial charge in [0.2, 0.25) is 0 Å². The van der Waals surface area contributed by atoms with Crippen molar-refractivity contribution in [3.8, 4) is 6.19 Å². The fraction of sp³-hybridized carbons (Fsp3) is 0.385. The van der Waals surface area contributed by atoms with Gasteiger partial charge in [0.15, 0.2) is 6.19 Å². The van der Waals surface area contributed by atoms with Crippen molar-refractivity contribution in [3.05, 3.63) is 35.9 Å². The van der Waals surface area contributed by atoms with Crippen LogP contribution in [0, 0.1) is 11.5 Å². The van der Waals surface area contributed by atoms with Gasteiger partial charge in [0.25, 0.3) is 0 Å². The van der Waals surface area contributed by atoms with E-state index in [2.05, 4.69) is 0 Å². The maximum absolute atomic E-state index is 11.9. The molecule has 5 nitrogen and oxygen atoms in total. The Morgan fingerprint density at radius 3 is 2.72 bits per heavy atom. The summed E-state index contributed by atoms with van der Waals surface area (Å²) in [5, 5.41) is 11.6. The highest BCUT2D eigenvalue weighted by Gasteiger charge is 2.24. The third-order valence-electron chi connectivity index (χ3n) is 2.81. The average Bonchev–Trinajstić information content (AvgIpc) is 2.45. The number of carbonyl (C=O) groups is 1. The molecule has 5 heteroatoms. The van der Waals surface area contributed by atoms with E-state index >= 15 is 0 Å². The average molecular weight is 245 g/mol. The Morgan fingerprint density at radius 1 is 1.28 bits per heavy atom. The number of nitrogens with zero attached hydrogens (tertiary/aromatic N) is 3. The van der Waals surface area contributed by atoms with E-state index in [0.29, 0.717) is 13.1 Å². The third-order valence-corrected chi connectivity index (χ3v) is 2.81. The fourth-order valence-corrected chi connectivity index (χ4v) is 1.85. The molecule has 0 unspecified atom stereocenters. The minimum absolute atomic E-state index is 0.232. The summed E-state index contributed by atoms with van der Waals surface area (Å²) in [5.41, 5.74) is 0.936. The molecule has 0 bridgehead atoms. The van der Waals surface area contributed by atoms with Gasteiger partial charge in [-0.25, -0.2) is 14.8 Å². The summed E-state index contributed by atoms with van der Waals surface area (Å²) in [6.45, 7) is 1.35. The van der Waals surface area contributed by atoms with E-state index in [4.69, 9.17) is 10.00 Å². The summed E-state index contributed by atoms with van der Waals surface area (Å²) >= 11 is 0. The standard InChI is InChI=1S/C13H15N3O2/c14-11-15-8-4-5-9-16(15)13(17)18-10-12-6-2-1-3-7-12/h1-3,6-7H,4-5,8-10H2. The lowest BCUT2D eigenvalue weighted by Gasteiger charge is -2.33. The molecule has 0 aliphatic carbocycles. The molecule has 1 amide bonds. The van der Waals surface area contributed by atoms with E-state index in [0.717, 1.165) is 18.4 Å². The summed E-state index contributed by atoms with van der Waals surface area (Å²) in [4.78, 5) is 11.9. The zero-order chi connectivity index (χ0) is 12.8. The topological polar surface area (TPSA) is 56.6 Å². The Morgan fingerprint density at radius 2 is 2.00 bits per heavy atom. The van der Waals surface area contributed by atoms with Gasteiger partial charge in [0, 0.05) is 6.54 Å². The molecular formula is C13H15N3O2. The lowest BCUT2D eigenvalue weighted by Crippen LogP contribution is -2.47. The quantitative estimate of drug-likeness (QED) is 0.749. The van der Waals surface area contributed by atoms with E-state index in [1.54, 1.807) is 0 Å². The number of carbonyl (C=O) groups excluding carboxylic acids is 1. The summed E-state index contributed by atoms with van der Waals surface area (Å²) in [6, 6.07) is 9.49. The van der Waals surface area contributed by atoms with Crippen LogP contribution in [0.25, 0.3) is 0 Å². The lowest BCUT2D eigenvalue weighted by molar-refractivity contribution is -0.00618. The van der Waals surface area contributed by atoms with E-state index < -0.39 is 6.09 Å². The molecule has 1 aliphatic heterocycles. The number of hydrazine groups is 1. The molecule has 0 saturated carbocycles. The van der Waals surface area contributed by atoms with Gasteiger partial charge in [-0.15, -0.1) is 0 Å². The maximum atomic E-state index is 11.9. The van der Waals surface area contributed by atoms with Crippen molar-refractivity contribution in [2.75, 3.05) is 13.1 Å². The second-order valence-electron chi connectivity index (χ2n) is 4.09. The molecule has 1 saturated heterocycles. The molecule has 1 heterocycles. The van der Waals surface area contributed by atoms with Gasteiger partial charge in [0.05, 0.1) is 6.54 Å². The number of ether oxygens (including phenoxy) is 1. The molecule has 2 rings (SSSR count). The Balaban J connectivity index is 1.89. The number of rotatable bonds is 2. The second-order valence-corrected chi connectivity index (χ2v) is 4.09. The molecule has 0 atom stereocenters. The number of hydrogen-bond acceptors (Lipinski definition) is 4. The molecule has 1 aromatic carbocycles. The monoisotopic (exact) mass is 245 g/mol. The first-order chi connectivity index (χ1) is 8.81. The SMILES string of the molecule is N#CN1CCCCN1C(=O)OCc1ccccc1. The van der Waals surface area contributed by atoms with Crippen LogP contribution in [0.5, 0.6) is 0 Å². The van der Waals surface area contributed by atoms with Gasteiger partial charge < -0.3 is 4.74 Å². The van der Waals surface area contributed by atoms with Crippen LogP contribution >= 0.6 is 0 Å². The Labute approximate surface area is 106 Å².